The summed E-state index contributed by atoms with van der Waals surface area (Å²) in [5, 5.41) is 5.22. The molecule has 0 amide bonds. The van der Waals surface area contributed by atoms with Crippen LogP contribution in [0.3, 0.4) is 0 Å². The average Bonchev–Trinajstić information content (AvgIpc) is 2.50. The molecular formula is C16H20ClN3O. The van der Waals surface area contributed by atoms with Gasteiger partial charge in [-0.2, -0.15) is 0 Å². The maximum atomic E-state index is 6.21. The van der Waals surface area contributed by atoms with Gasteiger partial charge in [0.1, 0.15) is 0 Å². The van der Waals surface area contributed by atoms with Crippen molar-refractivity contribution in [3.05, 3.63) is 41.0 Å². The van der Waals surface area contributed by atoms with E-state index in [4.69, 9.17) is 16.3 Å². The molecule has 0 radical (unpaired) electrons. The molecule has 1 aliphatic heterocycles. The molecule has 5 heteroatoms. The van der Waals surface area contributed by atoms with Crippen LogP contribution in [0, 0.1) is 0 Å². The molecule has 1 atom stereocenters. The fourth-order valence-corrected chi connectivity index (χ4v) is 2.91. The summed E-state index contributed by atoms with van der Waals surface area (Å²) in [6, 6.07) is 7.90. The molecule has 1 aromatic heterocycles. The Kier molecular flexibility index (Phi) is 4.70. The van der Waals surface area contributed by atoms with Crippen molar-refractivity contribution in [3.63, 3.8) is 0 Å². The second-order valence-electron chi connectivity index (χ2n) is 5.49. The molecule has 1 fully saturated rings. The number of hydrogen-bond donors (Lipinski definition) is 1. The molecule has 0 aliphatic carbocycles. The molecule has 0 bridgehead atoms. The van der Waals surface area contributed by atoms with Gasteiger partial charge in [0, 0.05) is 42.8 Å². The van der Waals surface area contributed by atoms with Crippen LogP contribution in [0.25, 0.3) is 10.9 Å². The highest BCUT2D eigenvalue weighted by molar-refractivity contribution is 6.35. The number of fused-ring (bicyclic) bond motifs is 1. The van der Waals surface area contributed by atoms with Crippen LogP contribution >= 0.6 is 11.6 Å². The van der Waals surface area contributed by atoms with Crippen LogP contribution in [-0.2, 0) is 11.3 Å². The van der Waals surface area contributed by atoms with Crippen LogP contribution in [0.1, 0.15) is 5.56 Å². The van der Waals surface area contributed by atoms with Gasteiger partial charge in [-0.3, -0.25) is 4.98 Å². The van der Waals surface area contributed by atoms with E-state index in [0.29, 0.717) is 0 Å². The largest absolute Gasteiger partial charge is 0.374 e. The van der Waals surface area contributed by atoms with Gasteiger partial charge in [-0.05, 0) is 30.8 Å². The zero-order chi connectivity index (χ0) is 14.7. The van der Waals surface area contributed by atoms with E-state index in [2.05, 4.69) is 22.2 Å². The van der Waals surface area contributed by atoms with Crippen molar-refractivity contribution in [1.82, 2.24) is 15.2 Å². The summed E-state index contributed by atoms with van der Waals surface area (Å²) in [6.07, 6.45) is 2.07. The van der Waals surface area contributed by atoms with Gasteiger partial charge in [-0.15, -0.1) is 0 Å². The standard InChI is InChI=1S/C16H20ClN3O/c1-20-7-8-21-13(11-20)10-18-9-12-4-5-15(17)14-3-2-6-19-16(12)14/h2-6,13,18H,7-11H2,1H3/t13-/m1/s1. The van der Waals surface area contributed by atoms with Crippen molar-refractivity contribution in [3.8, 4) is 0 Å². The Morgan fingerprint density at radius 3 is 3.19 bits per heavy atom. The second kappa shape index (κ2) is 6.71. The fourth-order valence-electron chi connectivity index (χ4n) is 2.70. The molecule has 1 aliphatic rings. The average molecular weight is 306 g/mol. The van der Waals surface area contributed by atoms with Gasteiger partial charge < -0.3 is 15.0 Å². The maximum absolute atomic E-state index is 6.21. The number of nitrogens with one attached hydrogen (secondary N) is 1. The monoisotopic (exact) mass is 305 g/mol. The lowest BCUT2D eigenvalue weighted by Gasteiger charge is -2.30. The summed E-state index contributed by atoms with van der Waals surface area (Å²) >= 11 is 6.21. The van der Waals surface area contributed by atoms with E-state index >= 15 is 0 Å². The molecule has 3 rings (SSSR count). The smallest absolute Gasteiger partial charge is 0.0826 e. The predicted molar refractivity (Wildman–Crippen MR) is 85.7 cm³/mol. The summed E-state index contributed by atoms with van der Waals surface area (Å²) in [4.78, 5) is 6.76. The summed E-state index contributed by atoms with van der Waals surface area (Å²) in [6.45, 7) is 4.43. The Labute approximate surface area is 130 Å². The van der Waals surface area contributed by atoms with Gasteiger partial charge in [-0.25, -0.2) is 0 Å². The maximum Gasteiger partial charge on any atom is 0.0826 e. The SMILES string of the molecule is CN1CCO[C@H](CNCc2ccc(Cl)c3cccnc23)C1. The number of likely N-dealkylation sites (N-methyl/N-ethyl adjacent to an activating group) is 1. The molecule has 21 heavy (non-hydrogen) atoms. The van der Waals surface area contributed by atoms with Crippen molar-refractivity contribution >= 4 is 22.5 Å². The van der Waals surface area contributed by atoms with E-state index < -0.39 is 0 Å². The highest BCUT2D eigenvalue weighted by atomic mass is 35.5. The van der Waals surface area contributed by atoms with Gasteiger partial charge >= 0.3 is 0 Å². The number of morpholine rings is 1. The number of ether oxygens (including phenoxy) is 1. The Balaban J connectivity index is 1.64. The van der Waals surface area contributed by atoms with Gasteiger partial charge in [0.15, 0.2) is 0 Å². The Morgan fingerprint density at radius 1 is 1.43 bits per heavy atom. The minimum atomic E-state index is 0.260. The first-order chi connectivity index (χ1) is 10.2. The van der Waals surface area contributed by atoms with Crippen LogP contribution < -0.4 is 5.32 Å². The first kappa shape index (κ1) is 14.7. The zero-order valence-corrected chi connectivity index (χ0v) is 12.9. The Bertz CT molecular complexity index is 619. The second-order valence-corrected chi connectivity index (χ2v) is 5.90. The molecule has 112 valence electrons. The van der Waals surface area contributed by atoms with Gasteiger partial charge in [0.05, 0.1) is 18.2 Å². The van der Waals surface area contributed by atoms with E-state index in [-0.39, 0.29) is 6.10 Å². The Hall–Kier alpha value is -1.20. The number of rotatable bonds is 4. The highest BCUT2D eigenvalue weighted by Gasteiger charge is 2.17. The summed E-state index contributed by atoms with van der Waals surface area (Å²) in [5.41, 5.74) is 2.14. The zero-order valence-electron chi connectivity index (χ0n) is 12.2. The van der Waals surface area contributed by atoms with Crippen LogP contribution in [0.4, 0.5) is 0 Å². The lowest BCUT2D eigenvalue weighted by molar-refractivity contribution is -0.0182. The van der Waals surface area contributed by atoms with Crippen LogP contribution in [0.2, 0.25) is 5.02 Å². The minimum Gasteiger partial charge on any atom is -0.374 e. The minimum absolute atomic E-state index is 0.260. The lowest BCUT2D eigenvalue weighted by atomic mass is 10.1. The number of hydrogen-bond acceptors (Lipinski definition) is 4. The van der Waals surface area contributed by atoms with Crippen molar-refractivity contribution in [2.75, 3.05) is 33.3 Å². The molecule has 2 aromatic rings. The van der Waals surface area contributed by atoms with Gasteiger partial charge in [0.25, 0.3) is 0 Å². The molecule has 4 nitrogen and oxygen atoms in total. The molecule has 0 spiro atoms. The molecule has 2 heterocycles. The summed E-state index contributed by atoms with van der Waals surface area (Å²) in [7, 11) is 2.13. The van der Waals surface area contributed by atoms with E-state index in [0.717, 1.165) is 48.7 Å². The van der Waals surface area contributed by atoms with Crippen LogP contribution in [0.5, 0.6) is 0 Å². The number of pyridine rings is 1. The van der Waals surface area contributed by atoms with Crippen molar-refractivity contribution in [2.45, 2.75) is 12.6 Å². The first-order valence-corrected chi connectivity index (χ1v) is 7.65. The van der Waals surface area contributed by atoms with Crippen molar-refractivity contribution in [2.24, 2.45) is 0 Å². The van der Waals surface area contributed by atoms with E-state index in [9.17, 15) is 0 Å². The molecular weight excluding hydrogens is 286 g/mol. The first-order valence-electron chi connectivity index (χ1n) is 7.27. The van der Waals surface area contributed by atoms with Crippen LogP contribution in [0.15, 0.2) is 30.5 Å². The molecule has 1 N–H and O–H groups in total. The fraction of sp³-hybridized carbons (Fsp3) is 0.438. The predicted octanol–water partition coefficient (Wildman–Crippen LogP) is 2.31. The van der Waals surface area contributed by atoms with Crippen molar-refractivity contribution in [1.29, 1.82) is 0 Å². The van der Waals surface area contributed by atoms with Gasteiger partial charge in [0.2, 0.25) is 0 Å². The lowest BCUT2D eigenvalue weighted by Crippen LogP contribution is -2.44. The van der Waals surface area contributed by atoms with E-state index in [1.165, 1.54) is 5.56 Å². The normalized spacial score (nSPS) is 20.0. The molecule has 1 aromatic carbocycles. The highest BCUT2D eigenvalue weighted by Crippen LogP contribution is 2.24. The third-order valence-electron chi connectivity index (χ3n) is 3.83. The molecule has 1 saturated heterocycles. The number of aromatic nitrogens is 1. The van der Waals surface area contributed by atoms with E-state index in [1.807, 2.05) is 24.3 Å². The van der Waals surface area contributed by atoms with Crippen LogP contribution in [-0.4, -0.2) is 49.3 Å². The van der Waals surface area contributed by atoms with E-state index in [1.54, 1.807) is 6.20 Å². The molecule has 0 saturated carbocycles. The summed E-state index contributed by atoms with van der Waals surface area (Å²) in [5.74, 6) is 0. The number of nitrogens with zero attached hydrogens (tertiary/aromatic N) is 2. The topological polar surface area (TPSA) is 37.4 Å². The number of benzene rings is 1. The third-order valence-corrected chi connectivity index (χ3v) is 4.16. The third kappa shape index (κ3) is 3.52. The summed E-state index contributed by atoms with van der Waals surface area (Å²) < 4.78 is 5.75. The quantitative estimate of drug-likeness (QED) is 0.940. The van der Waals surface area contributed by atoms with Crippen molar-refractivity contribution < 1.29 is 4.74 Å². The van der Waals surface area contributed by atoms with Gasteiger partial charge in [-0.1, -0.05) is 17.7 Å². The molecule has 0 unspecified atom stereocenters. The number of halogens is 1. The Morgan fingerprint density at radius 2 is 2.33 bits per heavy atom.